The van der Waals surface area contributed by atoms with Gasteiger partial charge in [0.05, 0.1) is 0 Å². The molecule has 0 aromatic carbocycles. The van der Waals surface area contributed by atoms with E-state index in [0.717, 1.165) is 19.1 Å². The van der Waals surface area contributed by atoms with E-state index in [2.05, 4.69) is 0 Å². The average molecular weight is 139 g/mol. The van der Waals surface area contributed by atoms with Gasteiger partial charge in [0.1, 0.15) is 6.29 Å². The number of rotatable bonds is 2. The third-order valence-corrected chi connectivity index (χ3v) is 1.69. The number of allylic oxidation sites excluding steroid dienone is 1. The molecule has 2 N–H and O–H groups in total. The Morgan fingerprint density at radius 1 is 1.80 bits per heavy atom. The van der Waals surface area contributed by atoms with E-state index in [1.807, 2.05) is 0 Å². The first kappa shape index (κ1) is 6.99. The minimum Gasteiger partial charge on any atom is -0.366 e. The number of amides is 1. The lowest BCUT2D eigenvalue weighted by Crippen LogP contribution is -2.18. The maximum absolute atomic E-state index is 10.6. The number of nitrogens with two attached hydrogens (primary N) is 1. The summed E-state index contributed by atoms with van der Waals surface area (Å²) in [4.78, 5) is 20.8. The van der Waals surface area contributed by atoms with Crippen molar-refractivity contribution in [2.24, 2.45) is 11.7 Å². The van der Waals surface area contributed by atoms with E-state index in [9.17, 15) is 9.59 Å². The smallest absolute Gasteiger partial charge is 0.245 e. The minimum atomic E-state index is -0.463. The van der Waals surface area contributed by atoms with Crippen molar-refractivity contribution in [1.29, 1.82) is 0 Å². The van der Waals surface area contributed by atoms with Crippen molar-refractivity contribution in [3.05, 3.63) is 11.6 Å². The van der Waals surface area contributed by atoms with Crippen molar-refractivity contribution in [1.82, 2.24) is 0 Å². The first-order chi connectivity index (χ1) is 4.75. The lowest BCUT2D eigenvalue weighted by atomic mass is 10.0. The largest absolute Gasteiger partial charge is 0.366 e. The molecule has 0 heterocycles. The molecule has 0 spiro atoms. The summed E-state index contributed by atoms with van der Waals surface area (Å²) in [5.41, 5.74) is 5.48. The first-order valence-electron chi connectivity index (χ1n) is 3.21. The van der Waals surface area contributed by atoms with Gasteiger partial charge in [-0.1, -0.05) is 6.08 Å². The van der Waals surface area contributed by atoms with Crippen LogP contribution in [0.4, 0.5) is 0 Å². The van der Waals surface area contributed by atoms with Gasteiger partial charge in [0.25, 0.3) is 0 Å². The topological polar surface area (TPSA) is 60.2 Å². The van der Waals surface area contributed by atoms with Gasteiger partial charge in [-0.3, -0.25) is 4.79 Å². The van der Waals surface area contributed by atoms with E-state index in [1.165, 1.54) is 0 Å². The Morgan fingerprint density at radius 3 is 2.90 bits per heavy atom. The van der Waals surface area contributed by atoms with Gasteiger partial charge in [0.15, 0.2) is 0 Å². The fourth-order valence-electron chi connectivity index (χ4n) is 1.15. The third-order valence-electron chi connectivity index (χ3n) is 1.69. The van der Waals surface area contributed by atoms with Crippen LogP contribution in [0.2, 0.25) is 0 Å². The Balaban J connectivity index is 2.74. The maximum atomic E-state index is 10.6. The molecule has 54 valence electrons. The van der Waals surface area contributed by atoms with Gasteiger partial charge in [0.2, 0.25) is 5.91 Å². The van der Waals surface area contributed by atoms with Crippen molar-refractivity contribution in [3.63, 3.8) is 0 Å². The Morgan fingerprint density at radius 2 is 2.50 bits per heavy atom. The molecule has 1 unspecified atom stereocenters. The third kappa shape index (κ3) is 1.07. The van der Waals surface area contributed by atoms with Crippen LogP contribution >= 0.6 is 0 Å². The molecular formula is C7H9NO2. The van der Waals surface area contributed by atoms with Gasteiger partial charge in [0, 0.05) is 11.5 Å². The predicted molar refractivity (Wildman–Crippen MR) is 36.1 cm³/mol. The van der Waals surface area contributed by atoms with Gasteiger partial charge >= 0.3 is 0 Å². The molecule has 1 rings (SSSR count). The Kier molecular flexibility index (Phi) is 1.85. The van der Waals surface area contributed by atoms with Gasteiger partial charge < -0.3 is 10.5 Å². The molecule has 0 fully saturated rings. The van der Waals surface area contributed by atoms with Crippen LogP contribution in [0.5, 0.6) is 0 Å². The molecule has 0 aromatic heterocycles. The number of hydrogen-bond donors (Lipinski definition) is 1. The minimum absolute atomic E-state index is 0.238. The fourth-order valence-corrected chi connectivity index (χ4v) is 1.15. The molecule has 0 radical (unpaired) electrons. The fraction of sp³-hybridized carbons (Fsp3) is 0.429. The molecule has 0 aliphatic heterocycles. The average Bonchev–Trinajstić information content (AvgIpc) is 2.33. The highest BCUT2D eigenvalue weighted by atomic mass is 16.1. The molecule has 10 heavy (non-hydrogen) atoms. The molecule has 0 aromatic rings. The zero-order chi connectivity index (χ0) is 7.56. The molecule has 1 amide bonds. The normalized spacial score (nSPS) is 24.0. The number of carbonyl (C=O) groups excluding carboxylic acids is 2. The monoisotopic (exact) mass is 139 g/mol. The van der Waals surface area contributed by atoms with Crippen LogP contribution in [0.15, 0.2) is 11.6 Å². The quantitative estimate of drug-likeness (QED) is 0.548. The van der Waals surface area contributed by atoms with Crippen LogP contribution in [-0.2, 0) is 9.59 Å². The zero-order valence-corrected chi connectivity index (χ0v) is 5.54. The van der Waals surface area contributed by atoms with Gasteiger partial charge in [-0.25, -0.2) is 0 Å². The van der Waals surface area contributed by atoms with Crippen LogP contribution in [0.1, 0.15) is 12.8 Å². The second-order valence-corrected chi connectivity index (χ2v) is 2.34. The van der Waals surface area contributed by atoms with Gasteiger partial charge in [-0.15, -0.1) is 0 Å². The number of primary amides is 1. The molecule has 1 aliphatic rings. The Hall–Kier alpha value is -1.12. The van der Waals surface area contributed by atoms with Crippen molar-refractivity contribution >= 4 is 12.2 Å². The van der Waals surface area contributed by atoms with E-state index in [1.54, 1.807) is 6.08 Å². The molecule has 0 saturated heterocycles. The van der Waals surface area contributed by atoms with Crippen molar-refractivity contribution in [2.45, 2.75) is 12.8 Å². The summed E-state index contributed by atoms with van der Waals surface area (Å²) in [5, 5.41) is 0. The Labute approximate surface area is 58.9 Å². The molecule has 0 saturated carbocycles. The van der Waals surface area contributed by atoms with Crippen molar-refractivity contribution in [3.8, 4) is 0 Å². The van der Waals surface area contributed by atoms with Crippen LogP contribution in [0.25, 0.3) is 0 Å². The maximum Gasteiger partial charge on any atom is 0.245 e. The van der Waals surface area contributed by atoms with Crippen molar-refractivity contribution in [2.75, 3.05) is 0 Å². The van der Waals surface area contributed by atoms with E-state index >= 15 is 0 Å². The van der Waals surface area contributed by atoms with Crippen LogP contribution in [0.3, 0.4) is 0 Å². The lowest BCUT2D eigenvalue weighted by molar-refractivity contribution is -0.117. The summed E-state index contributed by atoms with van der Waals surface area (Å²) >= 11 is 0. The van der Waals surface area contributed by atoms with Crippen molar-refractivity contribution < 1.29 is 9.59 Å². The molecule has 1 atom stereocenters. The highest BCUT2D eigenvalue weighted by molar-refractivity contribution is 5.96. The van der Waals surface area contributed by atoms with E-state index in [-0.39, 0.29) is 5.92 Å². The van der Waals surface area contributed by atoms with Crippen LogP contribution < -0.4 is 5.73 Å². The number of aldehydes is 1. The second kappa shape index (κ2) is 2.64. The van der Waals surface area contributed by atoms with Gasteiger partial charge in [-0.05, 0) is 12.8 Å². The summed E-state index contributed by atoms with van der Waals surface area (Å²) < 4.78 is 0. The second-order valence-electron chi connectivity index (χ2n) is 2.34. The molecular weight excluding hydrogens is 130 g/mol. The van der Waals surface area contributed by atoms with E-state index in [0.29, 0.717) is 5.57 Å². The summed E-state index contributed by atoms with van der Waals surface area (Å²) in [6, 6.07) is 0. The van der Waals surface area contributed by atoms with Gasteiger partial charge in [-0.2, -0.15) is 0 Å². The van der Waals surface area contributed by atoms with E-state index in [4.69, 9.17) is 5.73 Å². The number of carbonyl (C=O) groups is 2. The van der Waals surface area contributed by atoms with Crippen LogP contribution in [0, 0.1) is 5.92 Å². The first-order valence-corrected chi connectivity index (χ1v) is 3.21. The number of hydrogen-bond acceptors (Lipinski definition) is 2. The highest BCUT2D eigenvalue weighted by Crippen LogP contribution is 2.22. The summed E-state index contributed by atoms with van der Waals surface area (Å²) in [7, 11) is 0. The highest BCUT2D eigenvalue weighted by Gasteiger charge is 2.21. The van der Waals surface area contributed by atoms with E-state index < -0.39 is 5.91 Å². The molecule has 1 aliphatic carbocycles. The summed E-state index contributed by atoms with van der Waals surface area (Å²) in [6.45, 7) is 0. The zero-order valence-electron chi connectivity index (χ0n) is 5.54. The summed E-state index contributed by atoms with van der Waals surface area (Å²) in [5.74, 6) is -0.702. The predicted octanol–water partition coefficient (Wildman–Crippen LogP) is 0.00700. The van der Waals surface area contributed by atoms with Crippen LogP contribution in [-0.4, -0.2) is 12.2 Å². The lowest BCUT2D eigenvalue weighted by Gasteiger charge is -2.00. The SMILES string of the molecule is NC(=O)C1=CCCC1C=O. The standard InChI is InChI=1S/C7H9NO2/c8-7(10)6-3-1-2-5(6)4-9/h3-5H,1-2H2,(H2,8,10). The molecule has 3 nitrogen and oxygen atoms in total. The summed E-state index contributed by atoms with van der Waals surface area (Å²) in [6.07, 6.45) is 4.05. The Bertz CT molecular complexity index is 196. The molecule has 3 heteroatoms. The molecule has 0 bridgehead atoms.